The number of amides is 1. The molecule has 0 aromatic rings. The summed E-state index contributed by atoms with van der Waals surface area (Å²) in [6.45, 7) is 5.19. The van der Waals surface area contributed by atoms with Crippen molar-refractivity contribution in [2.24, 2.45) is 5.92 Å². The third kappa shape index (κ3) is 4.09. The van der Waals surface area contributed by atoms with Gasteiger partial charge >= 0.3 is 12.1 Å². The van der Waals surface area contributed by atoms with Gasteiger partial charge in [0, 0.05) is 6.54 Å². The van der Waals surface area contributed by atoms with E-state index in [1.165, 1.54) is 12.0 Å². The SMILES string of the molecule is COC(=O)C1=CCCN(C(=O)OCC(C)C)C1. The highest BCUT2D eigenvalue weighted by Gasteiger charge is 2.23. The molecular weight excluding hydrogens is 222 g/mol. The average molecular weight is 241 g/mol. The molecule has 1 heterocycles. The molecule has 0 aromatic heterocycles. The van der Waals surface area contributed by atoms with E-state index in [1.807, 2.05) is 13.8 Å². The normalized spacial score (nSPS) is 15.5. The summed E-state index contributed by atoms with van der Waals surface area (Å²) < 4.78 is 9.74. The van der Waals surface area contributed by atoms with E-state index in [0.717, 1.165) is 0 Å². The molecule has 0 saturated carbocycles. The summed E-state index contributed by atoms with van der Waals surface area (Å²) in [6.07, 6.45) is 2.09. The third-order valence-electron chi connectivity index (χ3n) is 2.40. The molecule has 0 unspecified atom stereocenters. The average Bonchev–Trinajstić information content (AvgIpc) is 2.35. The molecule has 0 saturated heterocycles. The summed E-state index contributed by atoms with van der Waals surface area (Å²) in [5.41, 5.74) is 0.514. The first-order chi connectivity index (χ1) is 8.04. The van der Waals surface area contributed by atoms with Crippen molar-refractivity contribution in [1.82, 2.24) is 4.90 Å². The lowest BCUT2D eigenvalue weighted by Crippen LogP contribution is -2.38. The summed E-state index contributed by atoms with van der Waals surface area (Å²) in [5, 5.41) is 0. The van der Waals surface area contributed by atoms with Crippen LogP contribution in [0.2, 0.25) is 0 Å². The van der Waals surface area contributed by atoms with Gasteiger partial charge in [-0.2, -0.15) is 0 Å². The van der Waals surface area contributed by atoms with Crippen molar-refractivity contribution >= 4 is 12.1 Å². The van der Waals surface area contributed by atoms with Crippen LogP contribution in [0, 0.1) is 5.92 Å². The quantitative estimate of drug-likeness (QED) is 0.704. The zero-order valence-corrected chi connectivity index (χ0v) is 10.6. The zero-order chi connectivity index (χ0) is 12.8. The Morgan fingerprint density at radius 2 is 2.18 bits per heavy atom. The number of carbonyl (C=O) groups is 2. The Bertz CT molecular complexity index is 322. The fraction of sp³-hybridized carbons (Fsp3) is 0.667. The Morgan fingerprint density at radius 3 is 2.76 bits per heavy atom. The van der Waals surface area contributed by atoms with E-state index in [4.69, 9.17) is 4.74 Å². The first kappa shape index (κ1) is 13.5. The standard InChI is InChI=1S/C12H19NO4/c1-9(2)8-17-12(15)13-6-4-5-10(7-13)11(14)16-3/h5,9H,4,6-8H2,1-3H3. The van der Waals surface area contributed by atoms with Gasteiger partial charge in [0.05, 0.1) is 25.8 Å². The lowest BCUT2D eigenvalue weighted by atomic mass is 10.1. The van der Waals surface area contributed by atoms with Gasteiger partial charge in [0.2, 0.25) is 0 Å². The smallest absolute Gasteiger partial charge is 0.410 e. The molecule has 0 aromatic carbocycles. The Kier molecular flexibility index (Phi) is 5.00. The topological polar surface area (TPSA) is 55.8 Å². The molecule has 5 nitrogen and oxygen atoms in total. The van der Waals surface area contributed by atoms with Crippen molar-refractivity contribution in [2.75, 3.05) is 26.8 Å². The minimum Gasteiger partial charge on any atom is -0.466 e. The molecule has 0 fully saturated rings. The maximum atomic E-state index is 11.7. The molecule has 0 atom stereocenters. The molecule has 1 rings (SSSR count). The molecule has 0 radical (unpaired) electrons. The highest BCUT2D eigenvalue weighted by molar-refractivity contribution is 5.89. The van der Waals surface area contributed by atoms with E-state index in [9.17, 15) is 9.59 Å². The Balaban J connectivity index is 2.49. The van der Waals surface area contributed by atoms with Crippen LogP contribution in [0.15, 0.2) is 11.6 Å². The molecule has 1 aliphatic heterocycles. The number of hydrogen-bond acceptors (Lipinski definition) is 4. The minimum absolute atomic E-state index is 0.267. The first-order valence-electron chi connectivity index (χ1n) is 5.73. The van der Waals surface area contributed by atoms with Gasteiger partial charge in [0.15, 0.2) is 0 Å². The number of ether oxygens (including phenoxy) is 2. The van der Waals surface area contributed by atoms with Crippen LogP contribution in [0.3, 0.4) is 0 Å². The van der Waals surface area contributed by atoms with Crippen molar-refractivity contribution in [3.8, 4) is 0 Å². The van der Waals surface area contributed by atoms with E-state index < -0.39 is 0 Å². The van der Waals surface area contributed by atoms with E-state index in [-0.39, 0.29) is 18.6 Å². The molecule has 0 spiro atoms. The summed E-state index contributed by atoms with van der Waals surface area (Å²) in [7, 11) is 1.33. The van der Waals surface area contributed by atoms with Crippen LogP contribution in [0.5, 0.6) is 0 Å². The number of nitrogens with zero attached hydrogens (tertiary/aromatic N) is 1. The lowest BCUT2D eigenvalue weighted by Gasteiger charge is -2.26. The van der Waals surface area contributed by atoms with Gasteiger partial charge in [-0.15, -0.1) is 0 Å². The monoisotopic (exact) mass is 241 g/mol. The van der Waals surface area contributed by atoms with Gasteiger partial charge in [-0.05, 0) is 12.3 Å². The second-order valence-electron chi connectivity index (χ2n) is 4.40. The molecule has 96 valence electrons. The number of hydrogen-bond donors (Lipinski definition) is 0. The second-order valence-corrected chi connectivity index (χ2v) is 4.40. The first-order valence-corrected chi connectivity index (χ1v) is 5.73. The van der Waals surface area contributed by atoms with Crippen molar-refractivity contribution in [3.63, 3.8) is 0 Å². The third-order valence-corrected chi connectivity index (χ3v) is 2.40. The van der Waals surface area contributed by atoms with Crippen LogP contribution in [-0.2, 0) is 14.3 Å². The van der Waals surface area contributed by atoms with Crippen molar-refractivity contribution in [2.45, 2.75) is 20.3 Å². The number of rotatable bonds is 3. The summed E-state index contributed by atoms with van der Waals surface area (Å²) in [6, 6.07) is 0. The van der Waals surface area contributed by atoms with Crippen molar-refractivity contribution < 1.29 is 19.1 Å². The molecule has 0 N–H and O–H groups in total. The van der Waals surface area contributed by atoms with Crippen molar-refractivity contribution in [3.05, 3.63) is 11.6 Å². The summed E-state index contributed by atoms with van der Waals surface area (Å²) >= 11 is 0. The maximum Gasteiger partial charge on any atom is 0.410 e. The van der Waals surface area contributed by atoms with Crippen LogP contribution < -0.4 is 0 Å². The largest absolute Gasteiger partial charge is 0.466 e. The Labute approximate surface area is 101 Å². The van der Waals surface area contributed by atoms with Crippen LogP contribution in [0.1, 0.15) is 20.3 Å². The van der Waals surface area contributed by atoms with Gasteiger partial charge in [-0.25, -0.2) is 9.59 Å². The van der Waals surface area contributed by atoms with Crippen LogP contribution in [-0.4, -0.2) is 43.8 Å². The Hall–Kier alpha value is -1.52. The van der Waals surface area contributed by atoms with E-state index in [2.05, 4.69) is 4.74 Å². The van der Waals surface area contributed by atoms with E-state index in [1.54, 1.807) is 6.08 Å². The van der Waals surface area contributed by atoms with Gasteiger partial charge in [-0.3, -0.25) is 0 Å². The maximum absolute atomic E-state index is 11.7. The van der Waals surface area contributed by atoms with Crippen molar-refractivity contribution in [1.29, 1.82) is 0 Å². The minimum atomic E-state index is -0.383. The molecule has 5 heteroatoms. The predicted octanol–water partition coefficient (Wildman–Crippen LogP) is 1.58. The lowest BCUT2D eigenvalue weighted by molar-refractivity contribution is -0.136. The fourth-order valence-electron chi connectivity index (χ4n) is 1.51. The second kappa shape index (κ2) is 6.27. The van der Waals surface area contributed by atoms with Crippen LogP contribution in [0.25, 0.3) is 0 Å². The molecule has 0 bridgehead atoms. The number of methoxy groups -OCH3 is 1. The number of carbonyl (C=O) groups excluding carboxylic acids is 2. The summed E-state index contributed by atoms with van der Waals surface area (Å²) in [5.74, 6) is -0.0780. The van der Waals surface area contributed by atoms with Gasteiger partial charge in [0.1, 0.15) is 0 Å². The molecule has 0 aliphatic carbocycles. The van der Waals surface area contributed by atoms with Crippen LogP contribution in [0.4, 0.5) is 4.79 Å². The highest BCUT2D eigenvalue weighted by Crippen LogP contribution is 2.12. The molecule has 1 aliphatic rings. The highest BCUT2D eigenvalue weighted by atomic mass is 16.6. The zero-order valence-electron chi connectivity index (χ0n) is 10.6. The van der Waals surface area contributed by atoms with Gasteiger partial charge in [-0.1, -0.05) is 19.9 Å². The Morgan fingerprint density at radius 1 is 1.47 bits per heavy atom. The van der Waals surface area contributed by atoms with E-state index >= 15 is 0 Å². The van der Waals surface area contributed by atoms with Gasteiger partial charge < -0.3 is 14.4 Å². The fourth-order valence-corrected chi connectivity index (χ4v) is 1.51. The van der Waals surface area contributed by atoms with Gasteiger partial charge in [0.25, 0.3) is 0 Å². The molecular formula is C12H19NO4. The van der Waals surface area contributed by atoms with E-state index in [0.29, 0.717) is 31.1 Å². The molecule has 17 heavy (non-hydrogen) atoms. The molecule has 1 amide bonds. The predicted molar refractivity (Wildman–Crippen MR) is 62.5 cm³/mol. The number of esters is 1. The summed E-state index contributed by atoms with van der Waals surface area (Å²) in [4.78, 5) is 24.5. The van der Waals surface area contributed by atoms with Crippen LogP contribution >= 0.6 is 0 Å².